The summed E-state index contributed by atoms with van der Waals surface area (Å²) >= 11 is 0. The Balaban J connectivity index is 3.33. The molecule has 2 nitrogen and oxygen atoms in total. The topological polar surface area (TPSA) is 23.1 Å². The number of rotatable bonds is 15. The number of hydrogen-bond donors (Lipinski definition) is 0. The first kappa shape index (κ1) is 19.9. The van der Waals surface area contributed by atoms with E-state index in [-0.39, 0.29) is 4.65 Å². The Hall–Kier alpha value is -0.0800. The standard InChI is InChI=1S/C18H39NO/c1-4-6-8-10-11-12-14-16-18-19(3,20)17-15-13-9-7-5-2/h4-18H2,1-3H3. The van der Waals surface area contributed by atoms with E-state index in [0.717, 1.165) is 25.9 Å². The van der Waals surface area contributed by atoms with Crippen LogP contribution in [0.5, 0.6) is 0 Å². The van der Waals surface area contributed by atoms with Crippen LogP contribution in [-0.2, 0) is 0 Å². The first-order chi connectivity index (χ1) is 9.62. The van der Waals surface area contributed by atoms with Gasteiger partial charge in [-0.05, 0) is 25.7 Å². The lowest BCUT2D eigenvalue weighted by atomic mass is 10.1. The van der Waals surface area contributed by atoms with Gasteiger partial charge in [0, 0.05) is 0 Å². The van der Waals surface area contributed by atoms with E-state index < -0.39 is 0 Å². The van der Waals surface area contributed by atoms with Gasteiger partial charge in [0.25, 0.3) is 0 Å². The zero-order valence-corrected chi connectivity index (χ0v) is 14.5. The molecule has 0 heterocycles. The lowest BCUT2D eigenvalue weighted by Gasteiger charge is -2.39. The molecule has 0 radical (unpaired) electrons. The van der Waals surface area contributed by atoms with Gasteiger partial charge in [0.15, 0.2) is 0 Å². The minimum Gasteiger partial charge on any atom is -0.633 e. The van der Waals surface area contributed by atoms with Gasteiger partial charge in [-0.2, -0.15) is 0 Å². The molecule has 1 unspecified atom stereocenters. The maximum atomic E-state index is 12.2. The largest absolute Gasteiger partial charge is 0.633 e. The molecule has 0 aliphatic carbocycles. The molecule has 1 atom stereocenters. The number of hydrogen-bond acceptors (Lipinski definition) is 1. The van der Waals surface area contributed by atoms with Crippen molar-refractivity contribution in [3.63, 3.8) is 0 Å². The molecule has 0 spiro atoms. The quantitative estimate of drug-likeness (QED) is 0.204. The minimum atomic E-state index is -0.0119. The van der Waals surface area contributed by atoms with Crippen molar-refractivity contribution in [2.24, 2.45) is 0 Å². The lowest BCUT2D eigenvalue weighted by molar-refractivity contribution is -0.861. The zero-order chi connectivity index (χ0) is 15.1. The summed E-state index contributed by atoms with van der Waals surface area (Å²) < 4.78 is -0.0119. The van der Waals surface area contributed by atoms with Crippen molar-refractivity contribution in [2.75, 3.05) is 20.1 Å². The number of quaternary nitrogens is 1. The second-order valence-electron chi connectivity index (χ2n) is 6.63. The Bertz CT molecular complexity index is 192. The summed E-state index contributed by atoms with van der Waals surface area (Å²) in [6.07, 6.45) is 16.8. The summed E-state index contributed by atoms with van der Waals surface area (Å²) in [5, 5.41) is 12.2. The van der Waals surface area contributed by atoms with Crippen LogP contribution in [0.3, 0.4) is 0 Å². The molecule has 0 amide bonds. The van der Waals surface area contributed by atoms with Crippen LogP contribution in [0.2, 0.25) is 0 Å². The second-order valence-corrected chi connectivity index (χ2v) is 6.63. The summed E-state index contributed by atoms with van der Waals surface area (Å²) in [5.74, 6) is 0. The minimum absolute atomic E-state index is 0.0119. The third kappa shape index (κ3) is 14.3. The van der Waals surface area contributed by atoms with E-state index in [9.17, 15) is 5.21 Å². The van der Waals surface area contributed by atoms with Crippen LogP contribution < -0.4 is 0 Å². The molecule has 0 aromatic heterocycles. The molecule has 20 heavy (non-hydrogen) atoms. The Morgan fingerprint density at radius 2 is 0.850 bits per heavy atom. The second kappa shape index (κ2) is 13.9. The van der Waals surface area contributed by atoms with Crippen LogP contribution in [0.4, 0.5) is 0 Å². The van der Waals surface area contributed by atoms with E-state index in [1.54, 1.807) is 0 Å². The van der Waals surface area contributed by atoms with Crippen molar-refractivity contribution >= 4 is 0 Å². The normalized spacial score (nSPS) is 14.4. The molecular formula is C18H39NO. The van der Waals surface area contributed by atoms with Crippen LogP contribution in [0.1, 0.15) is 97.3 Å². The lowest BCUT2D eigenvalue weighted by Crippen LogP contribution is -2.39. The highest BCUT2D eigenvalue weighted by atomic mass is 16.5. The fraction of sp³-hybridized carbons (Fsp3) is 1.00. The van der Waals surface area contributed by atoms with Crippen LogP contribution in [0.15, 0.2) is 0 Å². The third-order valence-corrected chi connectivity index (χ3v) is 4.22. The highest BCUT2D eigenvalue weighted by molar-refractivity contribution is 4.48. The molecule has 0 aromatic carbocycles. The van der Waals surface area contributed by atoms with Gasteiger partial charge >= 0.3 is 0 Å². The maximum absolute atomic E-state index is 12.2. The van der Waals surface area contributed by atoms with E-state index >= 15 is 0 Å². The van der Waals surface area contributed by atoms with Crippen molar-refractivity contribution in [3.8, 4) is 0 Å². The van der Waals surface area contributed by atoms with E-state index in [0.29, 0.717) is 0 Å². The maximum Gasteiger partial charge on any atom is 0.0781 e. The summed E-state index contributed by atoms with van der Waals surface area (Å²) in [6, 6.07) is 0. The van der Waals surface area contributed by atoms with Gasteiger partial charge in [-0.1, -0.05) is 71.6 Å². The first-order valence-corrected chi connectivity index (χ1v) is 9.18. The van der Waals surface area contributed by atoms with Crippen molar-refractivity contribution in [1.82, 2.24) is 0 Å². The van der Waals surface area contributed by atoms with Crippen LogP contribution in [0, 0.1) is 5.21 Å². The van der Waals surface area contributed by atoms with Crippen LogP contribution in [0.25, 0.3) is 0 Å². The molecular weight excluding hydrogens is 246 g/mol. The molecule has 0 aromatic rings. The number of nitrogens with zero attached hydrogens (tertiary/aromatic N) is 1. The van der Waals surface area contributed by atoms with Gasteiger partial charge < -0.3 is 9.85 Å². The molecule has 0 aliphatic rings. The van der Waals surface area contributed by atoms with E-state index in [1.807, 2.05) is 7.05 Å². The first-order valence-electron chi connectivity index (χ1n) is 9.18. The fourth-order valence-electron chi connectivity index (χ4n) is 2.74. The summed E-state index contributed by atoms with van der Waals surface area (Å²) in [6.45, 7) is 6.13. The zero-order valence-electron chi connectivity index (χ0n) is 14.5. The van der Waals surface area contributed by atoms with Crippen molar-refractivity contribution in [2.45, 2.75) is 97.3 Å². The van der Waals surface area contributed by atoms with Gasteiger partial charge in [0.1, 0.15) is 0 Å². The van der Waals surface area contributed by atoms with Crippen LogP contribution >= 0.6 is 0 Å². The highest BCUT2D eigenvalue weighted by Gasteiger charge is 2.08. The predicted molar refractivity (Wildman–Crippen MR) is 90.7 cm³/mol. The Kier molecular flexibility index (Phi) is 13.8. The highest BCUT2D eigenvalue weighted by Crippen LogP contribution is 2.12. The monoisotopic (exact) mass is 285 g/mol. The van der Waals surface area contributed by atoms with Crippen molar-refractivity contribution in [3.05, 3.63) is 5.21 Å². The average molecular weight is 286 g/mol. The van der Waals surface area contributed by atoms with Gasteiger partial charge in [-0.25, -0.2) is 0 Å². The third-order valence-electron chi connectivity index (χ3n) is 4.22. The molecule has 0 bridgehead atoms. The smallest absolute Gasteiger partial charge is 0.0781 e. The molecule has 0 fully saturated rings. The van der Waals surface area contributed by atoms with Gasteiger partial charge in [-0.3, -0.25) is 0 Å². The van der Waals surface area contributed by atoms with Gasteiger partial charge in [0.2, 0.25) is 0 Å². The molecule has 0 N–H and O–H groups in total. The summed E-state index contributed by atoms with van der Waals surface area (Å²) in [7, 11) is 1.86. The van der Waals surface area contributed by atoms with Gasteiger partial charge in [0.05, 0.1) is 20.1 Å². The molecule has 0 rings (SSSR count). The fourth-order valence-corrected chi connectivity index (χ4v) is 2.74. The SMILES string of the molecule is CCCCCCCCCC[N+](C)([O-])CCCCCCC. The van der Waals surface area contributed by atoms with E-state index in [1.165, 1.54) is 70.6 Å². The molecule has 2 heteroatoms. The Labute approximate surface area is 128 Å². The Morgan fingerprint density at radius 3 is 1.20 bits per heavy atom. The van der Waals surface area contributed by atoms with Crippen molar-refractivity contribution < 1.29 is 4.65 Å². The van der Waals surface area contributed by atoms with E-state index in [4.69, 9.17) is 0 Å². The number of hydroxylamine groups is 3. The Morgan fingerprint density at radius 1 is 0.550 bits per heavy atom. The summed E-state index contributed by atoms with van der Waals surface area (Å²) in [4.78, 5) is 0. The van der Waals surface area contributed by atoms with Gasteiger partial charge in [-0.15, -0.1) is 0 Å². The number of unbranched alkanes of at least 4 members (excludes halogenated alkanes) is 11. The predicted octanol–water partition coefficient (Wildman–Crippen LogP) is 6.04. The molecule has 0 aliphatic heterocycles. The van der Waals surface area contributed by atoms with Crippen molar-refractivity contribution in [1.29, 1.82) is 0 Å². The van der Waals surface area contributed by atoms with Crippen LogP contribution in [-0.4, -0.2) is 24.8 Å². The molecule has 122 valence electrons. The molecule has 0 saturated heterocycles. The average Bonchev–Trinajstić information content (AvgIpc) is 2.41. The molecule has 0 saturated carbocycles. The van der Waals surface area contributed by atoms with E-state index in [2.05, 4.69) is 13.8 Å². The summed E-state index contributed by atoms with van der Waals surface area (Å²) in [5.41, 5.74) is 0.